The second kappa shape index (κ2) is 7.71. The fraction of sp³-hybridized carbons (Fsp3) is 0.333. The Morgan fingerprint density at radius 1 is 0.913 bits per heavy atom. The van der Waals surface area contributed by atoms with E-state index in [0.717, 1.165) is 0 Å². The Morgan fingerprint density at radius 2 is 1.26 bits per heavy atom. The molecule has 0 fully saturated rings. The third-order valence-corrected chi connectivity index (χ3v) is 5.50. The SMILES string of the molecule is O=C(O)c1c(CCO)[c]([Na])c(CCO)c(C(=O)O)c1S(=O)(=O)O. The van der Waals surface area contributed by atoms with E-state index in [0.29, 0.717) is 0 Å². The van der Waals surface area contributed by atoms with Gasteiger partial charge in [0.15, 0.2) is 0 Å². The van der Waals surface area contributed by atoms with E-state index in [1.807, 2.05) is 0 Å². The summed E-state index contributed by atoms with van der Waals surface area (Å²) in [6.07, 6.45) is -0.442. The fourth-order valence-electron chi connectivity index (χ4n) is 2.52. The second-order valence-electron chi connectivity index (χ2n) is 4.69. The molecule has 9 nitrogen and oxygen atoms in total. The van der Waals surface area contributed by atoms with Crippen molar-refractivity contribution in [2.24, 2.45) is 0 Å². The molecule has 122 valence electrons. The van der Waals surface area contributed by atoms with Gasteiger partial charge in [-0.2, -0.15) is 0 Å². The molecule has 5 N–H and O–H groups in total. The normalized spacial score (nSPS) is 11.5. The van der Waals surface area contributed by atoms with Crippen LogP contribution in [0.4, 0.5) is 0 Å². The molecular formula is C12H13NaO9S. The van der Waals surface area contributed by atoms with Crippen LogP contribution in [0.2, 0.25) is 0 Å². The first kappa shape index (κ1) is 20.0. The molecule has 1 aromatic rings. The van der Waals surface area contributed by atoms with Gasteiger partial charge < -0.3 is 0 Å². The maximum absolute atomic E-state index is 11.6. The summed E-state index contributed by atoms with van der Waals surface area (Å²) in [5, 5.41) is 36.8. The first-order valence-corrected chi connectivity index (χ1v) is 8.86. The molecule has 1 rings (SSSR count). The Labute approximate surface area is 148 Å². The first-order valence-electron chi connectivity index (χ1n) is 6.42. The van der Waals surface area contributed by atoms with Gasteiger partial charge in [0.1, 0.15) is 0 Å². The summed E-state index contributed by atoms with van der Waals surface area (Å²) in [6, 6.07) is 0. The first-order chi connectivity index (χ1) is 10.6. The van der Waals surface area contributed by atoms with Gasteiger partial charge in [0.25, 0.3) is 0 Å². The van der Waals surface area contributed by atoms with Crippen molar-refractivity contribution in [3.05, 3.63) is 22.3 Å². The molecule has 0 saturated carbocycles. The number of carbonyl (C=O) groups is 2. The number of aliphatic hydroxyl groups is 2. The van der Waals surface area contributed by atoms with Crippen molar-refractivity contribution >= 4 is 52.8 Å². The minimum absolute atomic E-state index is 0.0484. The fourth-order valence-corrected chi connectivity index (χ4v) is 4.45. The molecule has 0 bridgehead atoms. The van der Waals surface area contributed by atoms with Crippen molar-refractivity contribution in [3.63, 3.8) is 0 Å². The van der Waals surface area contributed by atoms with E-state index in [1.165, 1.54) is 0 Å². The predicted molar refractivity (Wildman–Crippen MR) is 77.1 cm³/mol. The average Bonchev–Trinajstić information content (AvgIpc) is 2.41. The molecule has 0 spiro atoms. The molecule has 0 radical (unpaired) electrons. The number of rotatable bonds is 7. The molecule has 1 aromatic carbocycles. The maximum atomic E-state index is 11.6. The Bertz CT molecular complexity index is 709. The van der Waals surface area contributed by atoms with Crippen molar-refractivity contribution in [1.29, 1.82) is 0 Å². The van der Waals surface area contributed by atoms with Crippen molar-refractivity contribution < 1.29 is 43.0 Å². The van der Waals surface area contributed by atoms with Gasteiger partial charge in [-0.1, -0.05) is 0 Å². The van der Waals surface area contributed by atoms with Gasteiger partial charge in [-0.3, -0.25) is 0 Å². The van der Waals surface area contributed by atoms with E-state index in [-0.39, 0.29) is 54.7 Å². The van der Waals surface area contributed by atoms with Crippen LogP contribution in [0.3, 0.4) is 0 Å². The summed E-state index contributed by atoms with van der Waals surface area (Å²) in [7, 11) is -5.16. The molecule has 11 heteroatoms. The number of aromatic carboxylic acids is 2. The number of hydrogen-bond acceptors (Lipinski definition) is 6. The molecule has 0 aliphatic rings. The van der Waals surface area contributed by atoms with Gasteiger partial charge in [-0.25, -0.2) is 0 Å². The minimum atomic E-state index is -5.16. The molecule has 0 aliphatic heterocycles. The molecule has 0 unspecified atom stereocenters. The van der Waals surface area contributed by atoms with Gasteiger partial charge in [0.05, 0.1) is 0 Å². The van der Waals surface area contributed by atoms with E-state index < -0.39 is 51.3 Å². The Balaban J connectivity index is 4.17. The van der Waals surface area contributed by atoms with Crippen LogP contribution in [0, 0.1) is 0 Å². The van der Waals surface area contributed by atoms with Gasteiger partial charge >= 0.3 is 149 Å². The van der Waals surface area contributed by atoms with Crippen molar-refractivity contribution in [1.82, 2.24) is 0 Å². The van der Waals surface area contributed by atoms with Gasteiger partial charge in [-0.05, 0) is 0 Å². The molecule has 0 saturated heterocycles. The van der Waals surface area contributed by atoms with Gasteiger partial charge in [-0.15, -0.1) is 0 Å². The van der Waals surface area contributed by atoms with Gasteiger partial charge in [0, 0.05) is 0 Å². The Morgan fingerprint density at radius 3 is 1.48 bits per heavy atom. The summed E-state index contributed by atoms with van der Waals surface area (Å²) in [4.78, 5) is 21.7. The monoisotopic (exact) mass is 356 g/mol. The summed E-state index contributed by atoms with van der Waals surface area (Å²) in [5.41, 5.74) is -1.81. The predicted octanol–water partition coefficient (Wildman–Crippen LogP) is -1.81. The number of carboxylic acids is 2. The standard InChI is InChI=1S/C12H13O9S.Na/c13-3-1-6-5-7(2-4-14)9(12(17)18)10(22(19,20)21)8(6)11(15)16;/h13-14H,1-4H2,(H,15,16)(H,17,18)(H,19,20,21);. The van der Waals surface area contributed by atoms with E-state index >= 15 is 0 Å². The topological polar surface area (TPSA) is 169 Å². The summed E-state index contributed by atoms with van der Waals surface area (Å²) < 4.78 is 32.9. The molecular weight excluding hydrogens is 343 g/mol. The van der Waals surface area contributed by atoms with Crippen LogP contribution in [0.5, 0.6) is 0 Å². The van der Waals surface area contributed by atoms with Gasteiger partial charge in [0.2, 0.25) is 0 Å². The van der Waals surface area contributed by atoms with Crippen LogP contribution in [0.1, 0.15) is 31.8 Å². The summed E-state index contributed by atoms with van der Waals surface area (Å²) in [6.45, 7) is -0.989. The van der Waals surface area contributed by atoms with E-state index in [9.17, 15) is 32.8 Å². The second-order valence-corrected chi connectivity index (χ2v) is 7.05. The molecule has 0 aliphatic carbocycles. The Hall–Kier alpha value is -1.01. The number of hydrogen-bond donors (Lipinski definition) is 5. The zero-order chi connectivity index (χ0) is 17.9. The van der Waals surface area contributed by atoms with E-state index in [4.69, 9.17) is 10.2 Å². The van der Waals surface area contributed by atoms with E-state index in [1.54, 1.807) is 0 Å². The average molecular weight is 356 g/mol. The molecule has 23 heavy (non-hydrogen) atoms. The van der Waals surface area contributed by atoms with Crippen LogP contribution in [0.25, 0.3) is 0 Å². The Kier molecular flexibility index (Phi) is 6.71. The third kappa shape index (κ3) is 4.10. The molecule has 0 aromatic heterocycles. The zero-order valence-electron chi connectivity index (χ0n) is 12.1. The van der Waals surface area contributed by atoms with Crippen LogP contribution >= 0.6 is 0 Å². The van der Waals surface area contributed by atoms with E-state index in [2.05, 4.69) is 0 Å². The van der Waals surface area contributed by atoms with Crippen LogP contribution in [-0.4, -0.2) is 86.5 Å². The summed E-state index contributed by atoms with van der Waals surface area (Å²) in [5.74, 6) is -3.45. The molecule has 0 heterocycles. The number of aliphatic hydroxyl groups excluding tert-OH is 2. The van der Waals surface area contributed by atoms with Crippen LogP contribution in [0.15, 0.2) is 4.90 Å². The number of carboxylic acid groups (broad SMARTS) is 2. The molecule has 0 atom stereocenters. The quantitative estimate of drug-likeness (QED) is 0.279. The summed E-state index contributed by atoms with van der Waals surface area (Å²) >= 11 is 0.154. The zero-order valence-corrected chi connectivity index (χ0v) is 14.9. The van der Waals surface area contributed by atoms with Crippen molar-refractivity contribution in [2.75, 3.05) is 13.2 Å². The van der Waals surface area contributed by atoms with Crippen molar-refractivity contribution in [2.45, 2.75) is 17.7 Å². The van der Waals surface area contributed by atoms with Crippen LogP contribution in [-0.2, 0) is 23.0 Å². The van der Waals surface area contributed by atoms with Crippen LogP contribution < -0.4 is 2.81 Å². The number of benzene rings is 1. The third-order valence-electron chi connectivity index (χ3n) is 3.37. The molecule has 0 amide bonds. The van der Waals surface area contributed by atoms with Crippen molar-refractivity contribution in [3.8, 4) is 0 Å².